The van der Waals surface area contributed by atoms with Crippen molar-refractivity contribution in [1.29, 1.82) is 0 Å². The van der Waals surface area contributed by atoms with Gasteiger partial charge in [-0.3, -0.25) is 0 Å². The van der Waals surface area contributed by atoms with E-state index in [4.69, 9.17) is 9.84 Å². The summed E-state index contributed by atoms with van der Waals surface area (Å²) in [7, 11) is 0. The van der Waals surface area contributed by atoms with Crippen molar-refractivity contribution in [3.63, 3.8) is 0 Å². The highest BCUT2D eigenvalue weighted by atomic mass is 16.5. The Kier molecular flexibility index (Phi) is 5.26. The van der Waals surface area contributed by atoms with Crippen molar-refractivity contribution in [1.82, 2.24) is 0 Å². The molecule has 0 rings (SSSR count). The lowest BCUT2D eigenvalue weighted by molar-refractivity contribution is -0.00251. The van der Waals surface area contributed by atoms with Gasteiger partial charge in [0.25, 0.3) is 0 Å². The first-order valence-electron chi connectivity index (χ1n) is 4.75. The monoisotopic (exact) mass is 186 g/mol. The Morgan fingerprint density at radius 1 is 1.38 bits per heavy atom. The van der Waals surface area contributed by atoms with E-state index in [9.17, 15) is 0 Å². The lowest BCUT2D eigenvalue weighted by atomic mass is 9.88. The van der Waals surface area contributed by atoms with Gasteiger partial charge >= 0.3 is 0 Å². The Bertz CT molecular complexity index is 161. The van der Waals surface area contributed by atoms with Gasteiger partial charge in [0.15, 0.2) is 0 Å². The molecule has 0 aromatic carbocycles. The minimum atomic E-state index is 0.0865. The van der Waals surface area contributed by atoms with Gasteiger partial charge in [0.2, 0.25) is 0 Å². The van der Waals surface area contributed by atoms with Crippen LogP contribution in [-0.2, 0) is 4.74 Å². The summed E-state index contributed by atoms with van der Waals surface area (Å²) in [6.45, 7) is 11.0. The molecule has 1 atom stereocenters. The van der Waals surface area contributed by atoms with E-state index in [1.807, 2.05) is 0 Å². The van der Waals surface area contributed by atoms with Gasteiger partial charge in [-0.25, -0.2) is 0 Å². The fourth-order valence-electron chi connectivity index (χ4n) is 1.03. The smallest absolute Gasteiger partial charge is 0.0807 e. The minimum Gasteiger partial charge on any atom is -0.394 e. The van der Waals surface area contributed by atoms with Crippen molar-refractivity contribution < 1.29 is 9.84 Å². The molecule has 0 amide bonds. The van der Waals surface area contributed by atoms with Crippen LogP contribution in [0, 0.1) is 5.41 Å². The standard InChI is InChI=1S/C11H22O2/c1-9(2)8-10(11(3,4)5)13-7-6-12/h8,10,12H,6-7H2,1-5H3. The Hall–Kier alpha value is -0.340. The second-order valence-corrected chi connectivity index (χ2v) is 4.63. The van der Waals surface area contributed by atoms with E-state index in [-0.39, 0.29) is 18.1 Å². The summed E-state index contributed by atoms with van der Waals surface area (Å²) in [5.41, 5.74) is 1.34. The molecule has 1 unspecified atom stereocenters. The van der Waals surface area contributed by atoms with Crippen molar-refractivity contribution >= 4 is 0 Å². The van der Waals surface area contributed by atoms with E-state index >= 15 is 0 Å². The first-order chi connectivity index (χ1) is 5.88. The van der Waals surface area contributed by atoms with Gasteiger partial charge in [-0.15, -0.1) is 0 Å². The minimum absolute atomic E-state index is 0.0865. The van der Waals surface area contributed by atoms with Crippen molar-refractivity contribution in [2.75, 3.05) is 13.2 Å². The van der Waals surface area contributed by atoms with Gasteiger partial charge in [-0.05, 0) is 19.3 Å². The highest BCUT2D eigenvalue weighted by Gasteiger charge is 2.22. The molecule has 13 heavy (non-hydrogen) atoms. The maximum Gasteiger partial charge on any atom is 0.0807 e. The first kappa shape index (κ1) is 12.7. The molecule has 0 aliphatic carbocycles. The van der Waals surface area contributed by atoms with Crippen LogP contribution in [0.15, 0.2) is 11.6 Å². The fraction of sp³-hybridized carbons (Fsp3) is 0.818. The Balaban J connectivity index is 4.29. The molecule has 0 aromatic heterocycles. The maximum atomic E-state index is 8.67. The molecule has 0 bridgehead atoms. The molecule has 2 nitrogen and oxygen atoms in total. The number of hydrogen-bond donors (Lipinski definition) is 1. The largest absolute Gasteiger partial charge is 0.394 e. The zero-order valence-corrected chi connectivity index (χ0v) is 9.42. The lowest BCUT2D eigenvalue weighted by Gasteiger charge is -2.28. The van der Waals surface area contributed by atoms with Gasteiger partial charge in [-0.1, -0.05) is 32.4 Å². The molecule has 1 N–H and O–H groups in total. The summed E-state index contributed by atoms with van der Waals surface area (Å²) in [5, 5.41) is 8.67. The number of rotatable bonds is 4. The second kappa shape index (κ2) is 5.40. The number of aliphatic hydroxyl groups excluding tert-OH is 1. The third-order valence-corrected chi connectivity index (χ3v) is 1.73. The van der Waals surface area contributed by atoms with E-state index in [1.165, 1.54) is 5.57 Å². The van der Waals surface area contributed by atoms with Crippen molar-refractivity contribution in [2.24, 2.45) is 5.41 Å². The fourth-order valence-corrected chi connectivity index (χ4v) is 1.03. The normalized spacial score (nSPS) is 14.0. The van der Waals surface area contributed by atoms with E-state index in [0.29, 0.717) is 6.61 Å². The Morgan fingerprint density at radius 3 is 2.23 bits per heavy atom. The third-order valence-electron chi connectivity index (χ3n) is 1.73. The van der Waals surface area contributed by atoms with Gasteiger partial charge < -0.3 is 9.84 Å². The van der Waals surface area contributed by atoms with E-state index in [1.54, 1.807) is 0 Å². The molecule has 0 saturated heterocycles. The Labute approximate surface area is 81.6 Å². The second-order valence-electron chi connectivity index (χ2n) is 4.63. The van der Waals surface area contributed by atoms with Gasteiger partial charge in [0.1, 0.15) is 0 Å². The molecule has 0 aliphatic heterocycles. The molecule has 0 aliphatic rings. The number of ether oxygens (including phenoxy) is 1. The molecule has 78 valence electrons. The lowest BCUT2D eigenvalue weighted by Crippen LogP contribution is -2.28. The van der Waals surface area contributed by atoms with Crippen LogP contribution >= 0.6 is 0 Å². The summed E-state index contributed by atoms with van der Waals surface area (Å²) < 4.78 is 5.54. The summed E-state index contributed by atoms with van der Waals surface area (Å²) in [6, 6.07) is 0. The topological polar surface area (TPSA) is 29.5 Å². The van der Waals surface area contributed by atoms with Crippen LogP contribution in [0.3, 0.4) is 0 Å². The van der Waals surface area contributed by atoms with E-state index in [2.05, 4.69) is 40.7 Å². The zero-order chi connectivity index (χ0) is 10.5. The SMILES string of the molecule is CC(C)=CC(OCCO)C(C)(C)C. The zero-order valence-electron chi connectivity index (χ0n) is 9.42. The van der Waals surface area contributed by atoms with Gasteiger partial charge in [0, 0.05) is 0 Å². The van der Waals surface area contributed by atoms with Crippen molar-refractivity contribution in [2.45, 2.75) is 40.7 Å². The summed E-state index contributed by atoms with van der Waals surface area (Å²) in [5.74, 6) is 0. The van der Waals surface area contributed by atoms with E-state index < -0.39 is 0 Å². The molecule has 0 radical (unpaired) electrons. The van der Waals surface area contributed by atoms with Crippen LogP contribution in [0.1, 0.15) is 34.6 Å². The molecule has 0 spiro atoms. The van der Waals surface area contributed by atoms with Crippen LogP contribution in [0.5, 0.6) is 0 Å². The molecule has 0 aromatic rings. The highest BCUT2D eigenvalue weighted by molar-refractivity contribution is 5.02. The third kappa shape index (κ3) is 5.83. The highest BCUT2D eigenvalue weighted by Crippen LogP contribution is 2.24. The summed E-state index contributed by atoms with van der Waals surface area (Å²) in [4.78, 5) is 0. The van der Waals surface area contributed by atoms with Crippen LogP contribution in [0.2, 0.25) is 0 Å². The predicted molar refractivity (Wildman–Crippen MR) is 55.7 cm³/mol. The predicted octanol–water partition coefficient (Wildman–Crippen LogP) is 2.38. The van der Waals surface area contributed by atoms with Crippen LogP contribution in [0.4, 0.5) is 0 Å². The average molecular weight is 186 g/mol. The van der Waals surface area contributed by atoms with E-state index in [0.717, 1.165) is 0 Å². The first-order valence-corrected chi connectivity index (χ1v) is 4.75. The van der Waals surface area contributed by atoms with Crippen LogP contribution < -0.4 is 0 Å². The van der Waals surface area contributed by atoms with Crippen LogP contribution in [-0.4, -0.2) is 24.4 Å². The molecule has 2 heteroatoms. The number of aliphatic hydroxyl groups is 1. The summed E-state index contributed by atoms with van der Waals surface area (Å²) >= 11 is 0. The average Bonchev–Trinajstić information content (AvgIpc) is 1.95. The van der Waals surface area contributed by atoms with Crippen molar-refractivity contribution in [3.8, 4) is 0 Å². The van der Waals surface area contributed by atoms with Gasteiger partial charge in [0.05, 0.1) is 19.3 Å². The number of allylic oxidation sites excluding steroid dienone is 1. The summed E-state index contributed by atoms with van der Waals surface area (Å²) in [6.07, 6.45) is 2.19. The quantitative estimate of drug-likeness (QED) is 0.683. The van der Waals surface area contributed by atoms with Crippen LogP contribution in [0.25, 0.3) is 0 Å². The van der Waals surface area contributed by atoms with Crippen molar-refractivity contribution in [3.05, 3.63) is 11.6 Å². The molecule has 0 fully saturated rings. The molecular weight excluding hydrogens is 164 g/mol. The molecule has 0 heterocycles. The molecule has 0 saturated carbocycles. The number of hydrogen-bond acceptors (Lipinski definition) is 2. The maximum absolute atomic E-state index is 8.67. The van der Waals surface area contributed by atoms with Gasteiger partial charge in [-0.2, -0.15) is 0 Å². The molecular formula is C11H22O2. The Morgan fingerprint density at radius 2 is 1.92 bits per heavy atom.